The van der Waals surface area contributed by atoms with E-state index in [1.807, 2.05) is 20.3 Å². The minimum Gasteiger partial charge on any atom is -0.481 e. The monoisotopic (exact) mass is 285 g/mol. The zero-order valence-electron chi connectivity index (χ0n) is 12.3. The summed E-state index contributed by atoms with van der Waals surface area (Å²) in [5.74, 6) is -0.771. The Kier molecular flexibility index (Phi) is 5.43. The maximum atomic E-state index is 10.7. The van der Waals surface area contributed by atoms with Gasteiger partial charge in [0.25, 0.3) is 0 Å². The molecule has 5 nitrogen and oxygen atoms in total. The Balaban J connectivity index is 2.96. The van der Waals surface area contributed by atoms with Gasteiger partial charge in [-0.25, -0.2) is 4.98 Å². The summed E-state index contributed by atoms with van der Waals surface area (Å²) in [6, 6.07) is 0. The molecule has 6 heteroatoms. The van der Waals surface area contributed by atoms with Crippen LogP contribution in [0, 0.1) is 0 Å². The quantitative estimate of drug-likeness (QED) is 0.809. The molecule has 0 unspecified atom stereocenters. The molecule has 108 valence electrons. The zero-order valence-corrected chi connectivity index (χ0v) is 13.1. The molecule has 19 heavy (non-hydrogen) atoms. The van der Waals surface area contributed by atoms with Crippen molar-refractivity contribution in [2.24, 2.45) is 0 Å². The lowest BCUT2D eigenvalue weighted by molar-refractivity contribution is -0.133. The number of rotatable bonds is 6. The van der Waals surface area contributed by atoms with E-state index in [0.717, 1.165) is 23.9 Å². The fraction of sp³-hybridized carbons (Fsp3) is 0.692. The van der Waals surface area contributed by atoms with E-state index in [1.165, 1.54) is 11.8 Å². The number of carbonyl (C=O) groups is 1. The Morgan fingerprint density at radius 2 is 2.11 bits per heavy atom. The molecule has 0 aliphatic rings. The van der Waals surface area contributed by atoms with Crippen LogP contribution in [-0.2, 0) is 16.8 Å². The van der Waals surface area contributed by atoms with Crippen molar-refractivity contribution in [3.05, 3.63) is 11.9 Å². The Morgan fingerprint density at radius 3 is 2.58 bits per heavy atom. The highest BCUT2D eigenvalue weighted by atomic mass is 32.2. The minimum atomic E-state index is -0.815. The molecule has 1 aromatic heterocycles. The summed E-state index contributed by atoms with van der Waals surface area (Å²) in [6.07, 6.45) is 1.86. The molecular formula is C13H23N3O2S. The molecule has 0 aromatic carbocycles. The molecule has 1 heterocycles. The number of aliphatic carboxylic acids is 1. The highest BCUT2D eigenvalue weighted by Crippen LogP contribution is 2.27. The summed E-state index contributed by atoms with van der Waals surface area (Å²) < 4.78 is 2.13. The van der Waals surface area contributed by atoms with Gasteiger partial charge < -0.3 is 14.6 Å². The Bertz CT molecular complexity index is 436. The molecule has 0 spiro atoms. The van der Waals surface area contributed by atoms with Gasteiger partial charge in [-0.1, -0.05) is 32.5 Å². The number of aromatic nitrogens is 2. The van der Waals surface area contributed by atoms with Crippen LogP contribution in [0.15, 0.2) is 11.4 Å². The summed E-state index contributed by atoms with van der Waals surface area (Å²) in [6.45, 7) is 8.15. The number of carboxylic acids is 1. The Hall–Kier alpha value is -1.01. The number of nitrogens with zero attached hydrogens (tertiary/aromatic N) is 3. The molecule has 0 aliphatic carbocycles. The van der Waals surface area contributed by atoms with Crippen LogP contribution in [0.25, 0.3) is 0 Å². The van der Waals surface area contributed by atoms with Crippen molar-refractivity contribution in [2.75, 3.05) is 26.4 Å². The Morgan fingerprint density at radius 1 is 1.47 bits per heavy atom. The first-order chi connectivity index (χ1) is 8.71. The SMILES string of the molecule is CN(C)CCn1c(C(C)(C)C)cnc1SCC(=O)O. The van der Waals surface area contributed by atoms with Gasteiger partial charge in [0.05, 0.1) is 5.75 Å². The van der Waals surface area contributed by atoms with E-state index in [-0.39, 0.29) is 11.2 Å². The highest BCUT2D eigenvalue weighted by Gasteiger charge is 2.22. The van der Waals surface area contributed by atoms with Crippen molar-refractivity contribution < 1.29 is 9.90 Å². The van der Waals surface area contributed by atoms with Crippen molar-refractivity contribution in [2.45, 2.75) is 37.9 Å². The van der Waals surface area contributed by atoms with Gasteiger partial charge in [-0.15, -0.1) is 0 Å². The largest absolute Gasteiger partial charge is 0.481 e. The maximum absolute atomic E-state index is 10.7. The van der Waals surface area contributed by atoms with Crippen LogP contribution in [-0.4, -0.2) is 51.9 Å². The number of thioether (sulfide) groups is 1. The maximum Gasteiger partial charge on any atom is 0.313 e. The lowest BCUT2D eigenvalue weighted by Crippen LogP contribution is -2.24. The van der Waals surface area contributed by atoms with Crippen molar-refractivity contribution in [3.63, 3.8) is 0 Å². The topological polar surface area (TPSA) is 58.4 Å². The Labute approximate surface area is 119 Å². The van der Waals surface area contributed by atoms with E-state index in [2.05, 4.69) is 35.2 Å². The van der Waals surface area contributed by atoms with Gasteiger partial charge in [0, 0.05) is 30.4 Å². The van der Waals surface area contributed by atoms with Gasteiger partial charge >= 0.3 is 5.97 Å². The molecule has 0 bridgehead atoms. The molecule has 0 saturated heterocycles. The average molecular weight is 285 g/mol. The van der Waals surface area contributed by atoms with E-state index in [1.54, 1.807) is 0 Å². The molecule has 0 radical (unpaired) electrons. The molecular weight excluding hydrogens is 262 g/mol. The second-order valence-corrected chi connectivity index (χ2v) is 6.76. The molecule has 1 N–H and O–H groups in total. The van der Waals surface area contributed by atoms with E-state index in [4.69, 9.17) is 5.11 Å². The first-order valence-electron chi connectivity index (χ1n) is 6.27. The first-order valence-corrected chi connectivity index (χ1v) is 7.25. The fourth-order valence-electron chi connectivity index (χ4n) is 1.71. The predicted octanol–water partition coefficient (Wildman–Crippen LogP) is 1.92. The van der Waals surface area contributed by atoms with Crippen LogP contribution in [0.4, 0.5) is 0 Å². The number of imidazole rings is 1. The summed E-state index contributed by atoms with van der Waals surface area (Å²) in [4.78, 5) is 17.2. The van der Waals surface area contributed by atoms with Crippen molar-refractivity contribution in [1.29, 1.82) is 0 Å². The number of hydrogen-bond donors (Lipinski definition) is 1. The second-order valence-electron chi connectivity index (χ2n) is 5.81. The number of hydrogen-bond acceptors (Lipinski definition) is 4. The van der Waals surface area contributed by atoms with Crippen LogP contribution in [0.3, 0.4) is 0 Å². The van der Waals surface area contributed by atoms with Crippen molar-refractivity contribution >= 4 is 17.7 Å². The van der Waals surface area contributed by atoms with E-state index in [0.29, 0.717) is 0 Å². The van der Waals surface area contributed by atoms with Gasteiger partial charge in [-0.05, 0) is 14.1 Å². The zero-order chi connectivity index (χ0) is 14.6. The van der Waals surface area contributed by atoms with Gasteiger partial charge in [-0.2, -0.15) is 0 Å². The summed E-state index contributed by atoms with van der Waals surface area (Å²) in [5.41, 5.74) is 1.14. The minimum absolute atomic E-state index is 0.00134. The van der Waals surface area contributed by atoms with Crippen molar-refractivity contribution in [3.8, 4) is 0 Å². The van der Waals surface area contributed by atoms with Crippen LogP contribution in [0.5, 0.6) is 0 Å². The first kappa shape index (κ1) is 16.0. The van der Waals surface area contributed by atoms with E-state index in [9.17, 15) is 4.79 Å². The lowest BCUT2D eigenvalue weighted by Gasteiger charge is -2.22. The standard InChI is InChI=1S/C13H23N3O2S/c1-13(2,3)10-8-14-12(19-9-11(17)18)16(10)7-6-15(4)5/h8H,6-7,9H2,1-5H3,(H,17,18). The smallest absolute Gasteiger partial charge is 0.313 e. The average Bonchev–Trinajstić information content (AvgIpc) is 2.65. The van der Waals surface area contributed by atoms with E-state index < -0.39 is 5.97 Å². The predicted molar refractivity (Wildman–Crippen MR) is 77.8 cm³/mol. The van der Waals surface area contributed by atoms with Crippen LogP contribution in [0.1, 0.15) is 26.5 Å². The van der Waals surface area contributed by atoms with Gasteiger partial charge in [0.1, 0.15) is 0 Å². The van der Waals surface area contributed by atoms with Gasteiger partial charge in [0.15, 0.2) is 5.16 Å². The van der Waals surface area contributed by atoms with Gasteiger partial charge in [-0.3, -0.25) is 4.79 Å². The highest BCUT2D eigenvalue weighted by molar-refractivity contribution is 7.99. The van der Waals surface area contributed by atoms with E-state index >= 15 is 0 Å². The fourth-order valence-corrected chi connectivity index (χ4v) is 2.44. The van der Waals surface area contributed by atoms with Crippen LogP contribution >= 0.6 is 11.8 Å². The summed E-state index contributed by atoms with van der Waals surface area (Å²) in [7, 11) is 4.05. The van der Waals surface area contributed by atoms with Crippen molar-refractivity contribution in [1.82, 2.24) is 14.5 Å². The molecule has 0 saturated carbocycles. The summed E-state index contributed by atoms with van der Waals surface area (Å²) >= 11 is 1.28. The molecule has 0 atom stereocenters. The number of carboxylic acid groups (broad SMARTS) is 1. The third kappa shape index (κ3) is 4.87. The summed E-state index contributed by atoms with van der Waals surface area (Å²) in [5, 5.41) is 9.57. The second kappa shape index (κ2) is 6.43. The molecule has 0 amide bonds. The lowest BCUT2D eigenvalue weighted by atomic mass is 9.92. The third-order valence-corrected chi connectivity index (χ3v) is 3.66. The van der Waals surface area contributed by atoms with Gasteiger partial charge in [0.2, 0.25) is 0 Å². The number of likely N-dealkylation sites (N-methyl/N-ethyl adjacent to an activating group) is 1. The molecule has 0 fully saturated rings. The molecule has 1 rings (SSSR count). The van der Waals surface area contributed by atoms with Crippen LogP contribution < -0.4 is 0 Å². The third-order valence-electron chi connectivity index (χ3n) is 2.68. The normalized spacial score (nSPS) is 12.1. The molecule has 1 aromatic rings. The van der Waals surface area contributed by atoms with Crippen LogP contribution in [0.2, 0.25) is 0 Å². The molecule has 0 aliphatic heterocycles.